The fourth-order valence-corrected chi connectivity index (χ4v) is 2.21. The van der Waals surface area contributed by atoms with Crippen LogP contribution >= 0.6 is 11.3 Å². The van der Waals surface area contributed by atoms with E-state index in [1.807, 2.05) is 6.92 Å². The number of aromatic nitrogens is 1. The third-order valence-corrected chi connectivity index (χ3v) is 3.34. The summed E-state index contributed by atoms with van der Waals surface area (Å²) in [6.07, 6.45) is 1.66. The largest absolute Gasteiger partial charge is 0.497 e. The fourth-order valence-electron chi connectivity index (χ4n) is 1.53. The van der Waals surface area contributed by atoms with Gasteiger partial charge in [0.2, 0.25) is 0 Å². The summed E-state index contributed by atoms with van der Waals surface area (Å²) in [5, 5.41) is 3.04. The van der Waals surface area contributed by atoms with Gasteiger partial charge in [0.15, 0.2) is 11.7 Å². The number of hydrogen-bond acceptors (Lipinski definition) is 6. The Kier molecular flexibility index (Phi) is 4.89. The Balaban J connectivity index is 1.87. The molecule has 0 bridgehead atoms. The molecular formula is C14H14N2O4S. The molecule has 1 aromatic heterocycles. The highest BCUT2D eigenvalue weighted by molar-refractivity contribution is 7.15. The molecule has 0 radical (unpaired) electrons. The van der Waals surface area contributed by atoms with Gasteiger partial charge in [-0.3, -0.25) is 10.1 Å². The summed E-state index contributed by atoms with van der Waals surface area (Å²) in [7, 11) is 1.51. The van der Waals surface area contributed by atoms with Crippen LogP contribution in [0.4, 0.5) is 5.13 Å². The van der Waals surface area contributed by atoms with Crippen LogP contribution in [-0.4, -0.2) is 30.6 Å². The zero-order valence-corrected chi connectivity index (χ0v) is 12.4. The molecule has 110 valence electrons. The lowest BCUT2D eigenvalue weighted by Crippen LogP contribution is -2.20. The molecule has 0 fully saturated rings. The minimum absolute atomic E-state index is 0.326. The van der Waals surface area contributed by atoms with Gasteiger partial charge in [-0.15, -0.1) is 11.3 Å². The minimum atomic E-state index is -0.584. The van der Waals surface area contributed by atoms with Crippen molar-refractivity contribution in [3.05, 3.63) is 40.9 Å². The molecule has 1 amide bonds. The maximum atomic E-state index is 11.8. The highest BCUT2D eigenvalue weighted by atomic mass is 32.1. The first-order chi connectivity index (χ1) is 10.1. The van der Waals surface area contributed by atoms with Gasteiger partial charge in [-0.2, -0.15) is 0 Å². The van der Waals surface area contributed by atoms with Gasteiger partial charge in [-0.1, -0.05) is 6.07 Å². The van der Waals surface area contributed by atoms with Crippen molar-refractivity contribution >= 4 is 28.3 Å². The number of nitrogens with zero attached hydrogens (tertiary/aromatic N) is 1. The standard InChI is InChI=1S/C14H14N2O4S/c1-9-7-15-14(21-9)16-12(17)8-20-13(18)10-4-3-5-11(6-10)19-2/h3-7H,8H2,1-2H3,(H,15,16,17). The summed E-state index contributed by atoms with van der Waals surface area (Å²) in [6.45, 7) is 1.52. The van der Waals surface area contributed by atoms with Crippen molar-refractivity contribution in [3.63, 3.8) is 0 Å². The lowest BCUT2D eigenvalue weighted by Gasteiger charge is -2.06. The maximum Gasteiger partial charge on any atom is 0.338 e. The van der Waals surface area contributed by atoms with E-state index in [1.54, 1.807) is 30.5 Å². The number of carbonyl (C=O) groups is 2. The Bertz CT molecular complexity index is 654. The summed E-state index contributed by atoms with van der Waals surface area (Å²) >= 11 is 1.35. The molecule has 1 heterocycles. The van der Waals surface area contributed by atoms with Crippen LogP contribution in [0.1, 0.15) is 15.2 Å². The van der Waals surface area contributed by atoms with Crippen LogP contribution in [0, 0.1) is 6.92 Å². The number of anilines is 1. The van der Waals surface area contributed by atoms with Gasteiger partial charge in [-0.05, 0) is 25.1 Å². The number of benzene rings is 1. The monoisotopic (exact) mass is 306 g/mol. The van der Waals surface area contributed by atoms with Crippen LogP contribution in [0.3, 0.4) is 0 Å². The smallest absolute Gasteiger partial charge is 0.338 e. The molecule has 0 unspecified atom stereocenters. The van der Waals surface area contributed by atoms with Crippen molar-refractivity contribution in [2.24, 2.45) is 0 Å². The predicted octanol–water partition coefficient (Wildman–Crippen LogP) is 2.26. The normalized spacial score (nSPS) is 10.0. The third kappa shape index (κ3) is 4.28. The average Bonchev–Trinajstić information content (AvgIpc) is 2.90. The van der Waals surface area contributed by atoms with Crippen molar-refractivity contribution < 1.29 is 19.1 Å². The first-order valence-corrected chi connectivity index (χ1v) is 6.93. The average molecular weight is 306 g/mol. The van der Waals surface area contributed by atoms with Crippen molar-refractivity contribution in [2.75, 3.05) is 19.0 Å². The van der Waals surface area contributed by atoms with Crippen LogP contribution in [0.2, 0.25) is 0 Å². The molecule has 0 atom stereocenters. The van der Waals surface area contributed by atoms with E-state index in [4.69, 9.17) is 9.47 Å². The van der Waals surface area contributed by atoms with Crippen molar-refractivity contribution in [3.8, 4) is 5.75 Å². The van der Waals surface area contributed by atoms with E-state index in [2.05, 4.69) is 10.3 Å². The topological polar surface area (TPSA) is 77.5 Å². The highest BCUT2D eigenvalue weighted by Gasteiger charge is 2.12. The summed E-state index contributed by atoms with van der Waals surface area (Å²) in [6, 6.07) is 6.53. The molecule has 6 nitrogen and oxygen atoms in total. The number of ether oxygens (including phenoxy) is 2. The summed E-state index contributed by atoms with van der Waals surface area (Å²) in [5.74, 6) is -0.466. The number of rotatable bonds is 5. The molecule has 0 saturated carbocycles. The third-order valence-electron chi connectivity index (χ3n) is 2.51. The number of nitrogens with one attached hydrogen (secondary N) is 1. The maximum absolute atomic E-state index is 11.8. The Labute approximate surface area is 125 Å². The highest BCUT2D eigenvalue weighted by Crippen LogP contribution is 2.16. The first kappa shape index (κ1) is 15.0. The Hall–Kier alpha value is -2.41. The predicted molar refractivity (Wildman–Crippen MR) is 78.8 cm³/mol. The van der Waals surface area contributed by atoms with Gasteiger partial charge in [0.05, 0.1) is 12.7 Å². The van der Waals surface area contributed by atoms with E-state index in [-0.39, 0.29) is 6.61 Å². The lowest BCUT2D eigenvalue weighted by atomic mass is 10.2. The number of hydrogen-bond donors (Lipinski definition) is 1. The molecule has 21 heavy (non-hydrogen) atoms. The Morgan fingerprint density at radius 2 is 2.19 bits per heavy atom. The molecule has 2 aromatic rings. The summed E-state index contributed by atoms with van der Waals surface area (Å²) in [5.41, 5.74) is 0.326. The van der Waals surface area contributed by atoms with Crippen LogP contribution in [0.25, 0.3) is 0 Å². The minimum Gasteiger partial charge on any atom is -0.497 e. The van der Waals surface area contributed by atoms with E-state index in [0.717, 1.165) is 4.88 Å². The number of thiazole rings is 1. The number of amides is 1. The van der Waals surface area contributed by atoms with E-state index in [9.17, 15) is 9.59 Å². The van der Waals surface area contributed by atoms with E-state index < -0.39 is 11.9 Å². The Morgan fingerprint density at radius 1 is 1.38 bits per heavy atom. The molecule has 7 heteroatoms. The summed E-state index contributed by atoms with van der Waals surface area (Å²) in [4.78, 5) is 28.4. The van der Waals surface area contributed by atoms with Crippen LogP contribution in [0.15, 0.2) is 30.5 Å². The van der Waals surface area contributed by atoms with E-state index in [0.29, 0.717) is 16.4 Å². The number of methoxy groups -OCH3 is 1. The molecule has 1 N–H and O–H groups in total. The Morgan fingerprint density at radius 3 is 2.86 bits per heavy atom. The molecule has 2 rings (SSSR count). The first-order valence-electron chi connectivity index (χ1n) is 6.12. The number of aryl methyl sites for hydroxylation is 1. The second-order valence-electron chi connectivity index (χ2n) is 4.13. The van der Waals surface area contributed by atoms with Crippen molar-refractivity contribution in [1.29, 1.82) is 0 Å². The zero-order chi connectivity index (χ0) is 15.2. The van der Waals surface area contributed by atoms with Gasteiger partial charge in [0, 0.05) is 11.1 Å². The van der Waals surface area contributed by atoms with Crippen LogP contribution in [-0.2, 0) is 9.53 Å². The fraction of sp³-hybridized carbons (Fsp3) is 0.214. The lowest BCUT2D eigenvalue weighted by molar-refractivity contribution is -0.119. The number of carbonyl (C=O) groups excluding carboxylic acids is 2. The molecule has 0 aliphatic heterocycles. The molecule has 0 spiro atoms. The number of esters is 1. The molecule has 1 aromatic carbocycles. The second-order valence-corrected chi connectivity index (χ2v) is 5.37. The zero-order valence-electron chi connectivity index (χ0n) is 11.6. The van der Waals surface area contributed by atoms with Gasteiger partial charge in [-0.25, -0.2) is 9.78 Å². The van der Waals surface area contributed by atoms with Gasteiger partial charge in [0.1, 0.15) is 5.75 Å². The molecule has 0 aliphatic carbocycles. The molecule has 0 aliphatic rings. The van der Waals surface area contributed by atoms with Crippen LogP contribution < -0.4 is 10.1 Å². The SMILES string of the molecule is COc1cccc(C(=O)OCC(=O)Nc2ncc(C)s2)c1. The molecule has 0 saturated heterocycles. The van der Waals surface area contributed by atoms with Crippen molar-refractivity contribution in [1.82, 2.24) is 4.98 Å². The molecular weight excluding hydrogens is 292 g/mol. The van der Waals surface area contributed by atoms with Crippen LogP contribution in [0.5, 0.6) is 5.75 Å². The van der Waals surface area contributed by atoms with Gasteiger partial charge in [0.25, 0.3) is 5.91 Å². The summed E-state index contributed by atoms with van der Waals surface area (Å²) < 4.78 is 9.96. The van der Waals surface area contributed by atoms with E-state index in [1.165, 1.54) is 18.4 Å². The van der Waals surface area contributed by atoms with Crippen molar-refractivity contribution in [2.45, 2.75) is 6.92 Å². The quantitative estimate of drug-likeness (QED) is 0.857. The van der Waals surface area contributed by atoms with Gasteiger partial charge >= 0.3 is 5.97 Å². The second kappa shape index (κ2) is 6.85. The van der Waals surface area contributed by atoms with Gasteiger partial charge < -0.3 is 9.47 Å². The van der Waals surface area contributed by atoms with E-state index >= 15 is 0 Å².